The van der Waals surface area contributed by atoms with Gasteiger partial charge in [0.2, 0.25) is 0 Å². The quantitative estimate of drug-likeness (QED) is 0.710. The van der Waals surface area contributed by atoms with Gasteiger partial charge in [-0.2, -0.15) is 0 Å². The van der Waals surface area contributed by atoms with Crippen molar-refractivity contribution >= 4 is 17.8 Å². The molecule has 0 radical (unpaired) electrons. The lowest BCUT2D eigenvalue weighted by Gasteiger charge is -2.53. The highest BCUT2D eigenvalue weighted by Crippen LogP contribution is 2.84. The molecule has 0 amide bonds. The zero-order chi connectivity index (χ0) is 20.2. The van der Waals surface area contributed by atoms with Gasteiger partial charge in [-0.25, -0.2) is 18.1 Å². The molecule has 0 aromatic carbocycles. The largest absolute Gasteiger partial charge is 0.396 e. The Morgan fingerprint density at radius 2 is 1.89 bits per heavy atom. The van der Waals surface area contributed by atoms with E-state index in [1.54, 1.807) is 6.07 Å². The Kier molecular flexibility index (Phi) is 5.16. The fourth-order valence-corrected chi connectivity index (χ4v) is 7.34. The van der Waals surface area contributed by atoms with Gasteiger partial charge in [0.05, 0.1) is 6.61 Å². The molecule has 1 saturated heterocycles. The summed E-state index contributed by atoms with van der Waals surface area (Å²) in [6, 6.07) is 3.16. The lowest BCUT2D eigenvalue weighted by atomic mass is 9.55. The van der Waals surface area contributed by atoms with Gasteiger partial charge >= 0.3 is 0 Å². The molecule has 1 N–H and O–H groups in total. The van der Waals surface area contributed by atoms with Crippen LogP contribution >= 0.6 is 11.9 Å². The number of pyridine rings is 1. The van der Waals surface area contributed by atoms with Crippen molar-refractivity contribution in [2.75, 3.05) is 43.4 Å². The van der Waals surface area contributed by atoms with Gasteiger partial charge in [0.15, 0.2) is 0 Å². The average molecular weight is 412 g/mol. The van der Waals surface area contributed by atoms with Crippen molar-refractivity contribution in [2.24, 2.45) is 22.2 Å². The van der Waals surface area contributed by atoms with Crippen molar-refractivity contribution in [3.63, 3.8) is 0 Å². The molecule has 3 atom stereocenters. The summed E-state index contributed by atoms with van der Waals surface area (Å²) in [6.45, 7) is 10.9. The summed E-state index contributed by atoms with van der Waals surface area (Å²) in [4.78, 5) is 6.37. The number of aliphatic hydroxyl groups is 1. The van der Waals surface area contributed by atoms with E-state index in [1.165, 1.54) is 18.7 Å². The van der Waals surface area contributed by atoms with Gasteiger partial charge in [-0.1, -0.05) is 32.7 Å². The Morgan fingerprint density at radius 3 is 2.32 bits per heavy atom. The van der Waals surface area contributed by atoms with E-state index in [0.717, 1.165) is 44.2 Å². The van der Waals surface area contributed by atoms with E-state index in [2.05, 4.69) is 35.0 Å². The molecule has 7 heteroatoms. The maximum atomic E-state index is 12.7. The van der Waals surface area contributed by atoms with Crippen LogP contribution in [0.25, 0.3) is 0 Å². The predicted molar refractivity (Wildman–Crippen MR) is 110 cm³/mol. The third-order valence-electron chi connectivity index (χ3n) is 8.24. The van der Waals surface area contributed by atoms with Gasteiger partial charge < -0.3 is 10.0 Å². The summed E-state index contributed by atoms with van der Waals surface area (Å²) in [5, 5.41) is 10.2. The minimum Gasteiger partial charge on any atom is -0.396 e. The third kappa shape index (κ3) is 2.88. The zero-order valence-electron chi connectivity index (χ0n) is 17.0. The summed E-state index contributed by atoms with van der Waals surface area (Å²) in [5.74, 6) is 2.44. The van der Waals surface area contributed by atoms with Crippen LogP contribution in [0.5, 0.6) is 0 Å². The zero-order valence-corrected chi connectivity index (χ0v) is 17.8. The smallest absolute Gasteiger partial charge is 0.265 e. The fraction of sp³-hybridized carbons (Fsp3) is 0.762. The summed E-state index contributed by atoms with van der Waals surface area (Å²) < 4.78 is 27.8. The highest BCUT2D eigenvalue weighted by atomic mass is 32.2. The van der Waals surface area contributed by atoms with Crippen molar-refractivity contribution in [2.45, 2.75) is 40.0 Å². The van der Waals surface area contributed by atoms with Gasteiger partial charge in [0.25, 0.3) is 6.43 Å². The molecule has 2 aliphatic carbocycles. The molecule has 3 unspecified atom stereocenters. The second kappa shape index (κ2) is 7.10. The molecular formula is C21H31F2N3OS. The molecule has 1 aromatic heterocycles. The van der Waals surface area contributed by atoms with Gasteiger partial charge in [-0.15, -0.1) is 0 Å². The first-order chi connectivity index (χ1) is 13.3. The Labute approximate surface area is 170 Å². The number of anilines is 1. The minimum absolute atomic E-state index is 0.0288. The molecule has 156 valence electrons. The SMILES string of the molecule is CC1C(C)(C)C12CCC2(CO)CSN1CCN(c2ccc(C(F)F)cn2)CC1. The first-order valence-electron chi connectivity index (χ1n) is 10.3. The fourth-order valence-electron chi connectivity index (χ4n) is 6.00. The maximum Gasteiger partial charge on any atom is 0.265 e. The lowest BCUT2D eigenvalue weighted by molar-refractivity contribution is -0.0532. The number of hydrogen-bond acceptors (Lipinski definition) is 5. The molecular weight excluding hydrogens is 380 g/mol. The van der Waals surface area contributed by atoms with E-state index >= 15 is 0 Å². The molecule has 1 aromatic rings. The van der Waals surface area contributed by atoms with Crippen molar-refractivity contribution < 1.29 is 13.9 Å². The van der Waals surface area contributed by atoms with E-state index in [0.29, 0.717) is 16.7 Å². The van der Waals surface area contributed by atoms with E-state index in [1.807, 2.05) is 11.9 Å². The van der Waals surface area contributed by atoms with Crippen LogP contribution in [0.3, 0.4) is 0 Å². The summed E-state index contributed by atoms with van der Waals surface area (Å²) in [6.07, 6.45) is 1.18. The molecule has 2 heterocycles. The summed E-state index contributed by atoms with van der Waals surface area (Å²) >= 11 is 1.88. The van der Waals surface area contributed by atoms with Gasteiger partial charge in [-0.3, -0.25) is 0 Å². The van der Waals surface area contributed by atoms with Crippen LogP contribution in [-0.2, 0) is 0 Å². The Morgan fingerprint density at radius 1 is 1.21 bits per heavy atom. The number of aromatic nitrogens is 1. The number of hydrogen-bond donors (Lipinski definition) is 1. The van der Waals surface area contributed by atoms with Crippen LogP contribution in [0.15, 0.2) is 18.3 Å². The van der Waals surface area contributed by atoms with E-state index in [-0.39, 0.29) is 17.6 Å². The Balaban J connectivity index is 1.30. The molecule has 3 aliphatic rings. The Bertz CT molecular complexity index is 704. The van der Waals surface area contributed by atoms with Gasteiger partial charge in [-0.05, 0) is 41.7 Å². The van der Waals surface area contributed by atoms with E-state index in [4.69, 9.17) is 0 Å². The van der Waals surface area contributed by atoms with Crippen molar-refractivity contribution in [3.05, 3.63) is 23.9 Å². The van der Waals surface area contributed by atoms with Crippen LogP contribution in [-0.4, -0.2) is 52.9 Å². The van der Waals surface area contributed by atoms with Gasteiger partial charge in [0.1, 0.15) is 5.82 Å². The second-order valence-electron chi connectivity index (χ2n) is 9.29. The molecule has 0 bridgehead atoms. The first kappa shape index (κ1) is 20.4. The summed E-state index contributed by atoms with van der Waals surface area (Å²) in [7, 11) is 0. The number of alkyl halides is 2. The monoisotopic (exact) mass is 411 g/mol. The molecule has 1 aliphatic heterocycles. The number of aliphatic hydroxyl groups excluding tert-OH is 1. The number of piperazine rings is 1. The Hall–Kier alpha value is -0.920. The number of halogens is 2. The average Bonchev–Trinajstić information content (AvgIpc) is 3.16. The van der Waals surface area contributed by atoms with Crippen molar-refractivity contribution in [3.8, 4) is 0 Å². The van der Waals surface area contributed by atoms with Crippen molar-refractivity contribution in [1.29, 1.82) is 0 Å². The topological polar surface area (TPSA) is 39.6 Å². The molecule has 2 saturated carbocycles. The molecule has 3 fully saturated rings. The first-order valence-corrected chi connectivity index (χ1v) is 11.2. The third-order valence-corrected chi connectivity index (χ3v) is 9.66. The molecule has 1 spiro atoms. The van der Waals surface area contributed by atoms with Gasteiger partial charge in [0, 0.05) is 49.1 Å². The highest BCUT2D eigenvalue weighted by Gasteiger charge is 2.80. The second-order valence-corrected chi connectivity index (χ2v) is 10.4. The standard InChI is InChI=1S/C21H31F2N3OS/c1-15-19(2,3)21(15)7-6-20(21,13-27)14-28-26-10-8-25(9-11-26)17-5-4-16(12-24-17)18(22)23/h4-5,12,15,18,27H,6-11,13-14H2,1-3H3. The van der Waals surface area contributed by atoms with Crippen LogP contribution < -0.4 is 4.90 Å². The van der Waals surface area contributed by atoms with E-state index in [9.17, 15) is 13.9 Å². The summed E-state index contributed by atoms with van der Waals surface area (Å²) in [5.41, 5.74) is 0.687. The predicted octanol–water partition coefficient (Wildman–Crippen LogP) is 4.22. The van der Waals surface area contributed by atoms with E-state index < -0.39 is 6.43 Å². The van der Waals surface area contributed by atoms with Crippen LogP contribution in [0.4, 0.5) is 14.6 Å². The van der Waals surface area contributed by atoms with Crippen LogP contribution in [0, 0.1) is 22.2 Å². The number of nitrogens with zero attached hydrogens (tertiary/aromatic N) is 3. The molecule has 4 nitrogen and oxygen atoms in total. The number of rotatable bonds is 6. The molecule has 28 heavy (non-hydrogen) atoms. The maximum absolute atomic E-state index is 12.7. The van der Waals surface area contributed by atoms with Crippen molar-refractivity contribution in [1.82, 2.24) is 9.29 Å². The minimum atomic E-state index is -2.47. The molecule has 4 rings (SSSR count). The highest BCUT2D eigenvalue weighted by molar-refractivity contribution is 7.97. The lowest BCUT2D eigenvalue weighted by Crippen LogP contribution is -2.51. The van der Waals surface area contributed by atoms with Crippen LogP contribution in [0.2, 0.25) is 0 Å². The normalized spacial score (nSPS) is 34.7. The van der Waals surface area contributed by atoms with Crippen LogP contribution in [0.1, 0.15) is 45.6 Å².